The molecule has 0 radical (unpaired) electrons. The third-order valence-electron chi connectivity index (χ3n) is 3.19. The van der Waals surface area contributed by atoms with Crippen molar-refractivity contribution in [1.29, 1.82) is 0 Å². The molecule has 88 valence electrons. The molecule has 3 rings (SSSR count). The summed E-state index contributed by atoms with van der Waals surface area (Å²) in [6.45, 7) is 2.70. The van der Waals surface area contributed by atoms with Gasteiger partial charge in [-0.05, 0) is 6.07 Å². The number of ether oxygens (including phenoxy) is 1. The molecule has 0 N–H and O–H groups in total. The molecule has 2 heterocycles. The Morgan fingerprint density at radius 2 is 2.12 bits per heavy atom. The van der Waals surface area contributed by atoms with Crippen molar-refractivity contribution >= 4 is 33.6 Å². The van der Waals surface area contributed by atoms with Gasteiger partial charge in [0.1, 0.15) is 12.2 Å². The molecule has 1 aliphatic heterocycles. The Bertz CT molecular complexity index is 632. The molecule has 0 saturated heterocycles. The molecular weight excluding hydrogens is 331 g/mol. The first kappa shape index (κ1) is 11.1. The molecule has 0 bridgehead atoms. The number of benzene rings is 1. The fraction of sp³-hybridized carbons (Fsp3) is 0.308. The highest BCUT2D eigenvalue weighted by atomic mass is 127. The molecule has 3 nitrogen and oxygen atoms in total. The van der Waals surface area contributed by atoms with Crippen molar-refractivity contribution in [2.75, 3.05) is 6.61 Å². The lowest BCUT2D eigenvalue weighted by molar-refractivity contribution is 0.271. The Balaban J connectivity index is 2.41. The van der Waals surface area contributed by atoms with E-state index in [1.807, 2.05) is 24.3 Å². The van der Waals surface area contributed by atoms with Crippen LogP contribution in [0.1, 0.15) is 18.4 Å². The third kappa shape index (κ3) is 1.66. The number of hydrogen-bond donors (Lipinski definition) is 0. The smallest absolute Gasteiger partial charge is 0.379 e. The maximum absolute atomic E-state index is 11.8. The van der Waals surface area contributed by atoms with Crippen molar-refractivity contribution in [2.24, 2.45) is 0 Å². The van der Waals surface area contributed by atoms with Crippen LogP contribution in [-0.2, 0) is 0 Å². The predicted molar refractivity (Wildman–Crippen MR) is 74.2 cm³/mol. The summed E-state index contributed by atoms with van der Waals surface area (Å²) in [4.78, 5) is 11.8. The van der Waals surface area contributed by atoms with Crippen LogP contribution >= 0.6 is 22.6 Å². The Kier molecular flexibility index (Phi) is 2.61. The van der Waals surface area contributed by atoms with E-state index in [-0.39, 0.29) is 5.63 Å². The van der Waals surface area contributed by atoms with Gasteiger partial charge < -0.3 is 9.15 Å². The molecule has 0 spiro atoms. The van der Waals surface area contributed by atoms with E-state index in [1.54, 1.807) is 0 Å². The molecule has 4 heteroatoms. The van der Waals surface area contributed by atoms with Gasteiger partial charge in [-0.3, -0.25) is 0 Å². The molecule has 0 aliphatic carbocycles. The van der Waals surface area contributed by atoms with Crippen LogP contribution < -0.4 is 10.4 Å². The molecule has 0 amide bonds. The largest absolute Gasteiger partial charge is 0.485 e. The zero-order chi connectivity index (χ0) is 12.0. The second kappa shape index (κ2) is 4.01. The predicted octanol–water partition coefficient (Wildman–Crippen LogP) is 3.09. The van der Waals surface area contributed by atoms with Crippen LogP contribution in [0.4, 0.5) is 0 Å². The molecule has 0 fully saturated rings. The van der Waals surface area contributed by atoms with E-state index in [0.29, 0.717) is 27.8 Å². The Hall–Kier alpha value is -1.04. The van der Waals surface area contributed by atoms with Crippen LogP contribution in [-0.4, -0.2) is 10.5 Å². The lowest BCUT2D eigenvalue weighted by atomic mass is 9.93. The number of alkyl halides is 1. The summed E-state index contributed by atoms with van der Waals surface area (Å²) in [5, 5.41) is 0.982. The van der Waals surface area contributed by atoms with Crippen LogP contribution in [0.3, 0.4) is 0 Å². The van der Waals surface area contributed by atoms with Gasteiger partial charge in [0.15, 0.2) is 0 Å². The van der Waals surface area contributed by atoms with Gasteiger partial charge in [-0.25, -0.2) is 4.79 Å². The summed E-state index contributed by atoms with van der Waals surface area (Å²) in [6.07, 6.45) is 0. The molecule has 2 unspecified atom stereocenters. The summed E-state index contributed by atoms with van der Waals surface area (Å²) < 4.78 is 11.2. The molecule has 1 aromatic heterocycles. The van der Waals surface area contributed by atoms with Crippen molar-refractivity contribution in [3.8, 4) is 5.75 Å². The molecule has 17 heavy (non-hydrogen) atoms. The molecule has 1 aromatic carbocycles. The van der Waals surface area contributed by atoms with Crippen LogP contribution in [0.2, 0.25) is 0 Å². The van der Waals surface area contributed by atoms with E-state index in [4.69, 9.17) is 9.15 Å². The molecular formula is C13H11IO3. The number of rotatable bonds is 0. The summed E-state index contributed by atoms with van der Waals surface area (Å²) in [6, 6.07) is 7.62. The van der Waals surface area contributed by atoms with E-state index < -0.39 is 0 Å². The first-order chi connectivity index (χ1) is 8.18. The highest BCUT2D eigenvalue weighted by molar-refractivity contribution is 14.1. The van der Waals surface area contributed by atoms with Gasteiger partial charge >= 0.3 is 5.63 Å². The zero-order valence-corrected chi connectivity index (χ0v) is 11.4. The average Bonchev–Trinajstić information content (AvgIpc) is 2.33. The monoisotopic (exact) mass is 342 g/mol. The molecule has 2 atom stereocenters. The van der Waals surface area contributed by atoms with Crippen LogP contribution in [0.15, 0.2) is 33.5 Å². The van der Waals surface area contributed by atoms with Crippen LogP contribution in [0.25, 0.3) is 11.0 Å². The van der Waals surface area contributed by atoms with E-state index in [2.05, 4.69) is 29.5 Å². The number of hydrogen-bond acceptors (Lipinski definition) is 3. The van der Waals surface area contributed by atoms with Gasteiger partial charge in [-0.1, -0.05) is 47.7 Å². The summed E-state index contributed by atoms with van der Waals surface area (Å²) in [5.74, 6) is 0.692. The highest BCUT2D eigenvalue weighted by Crippen LogP contribution is 2.39. The van der Waals surface area contributed by atoms with Crippen molar-refractivity contribution in [2.45, 2.75) is 16.8 Å². The average molecular weight is 342 g/mol. The minimum absolute atomic E-state index is 0.299. The Morgan fingerprint density at radius 3 is 2.94 bits per heavy atom. The van der Waals surface area contributed by atoms with Gasteiger partial charge in [-0.15, -0.1) is 0 Å². The quantitative estimate of drug-likeness (QED) is 0.420. The first-order valence-electron chi connectivity index (χ1n) is 5.51. The highest BCUT2D eigenvalue weighted by Gasteiger charge is 2.30. The molecule has 1 aliphatic rings. The Morgan fingerprint density at radius 1 is 1.35 bits per heavy atom. The fourth-order valence-electron chi connectivity index (χ4n) is 2.23. The van der Waals surface area contributed by atoms with Crippen LogP contribution in [0.5, 0.6) is 5.75 Å². The van der Waals surface area contributed by atoms with Crippen molar-refractivity contribution in [1.82, 2.24) is 0 Å². The first-order valence-corrected chi connectivity index (χ1v) is 6.75. The van der Waals surface area contributed by atoms with Crippen molar-refractivity contribution < 1.29 is 9.15 Å². The summed E-state index contributed by atoms with van der Waals surface area (Å²) in [7, 11) is 0. The standard InChI is InChI=1S/C13H11IO3/c1-7-9(14)6-16-12-11(7)8-4-2-3-5-10(8)17-13(12)15/h2-5,7,9H,6H2,1H3. The summed E-state index contributed by atoms with van der Waals surface area (Å²) in [5.41, 5.74) is 1.26. The summed E-state index contributed by atoms with van der Waals surface area (Å²) >= 11 is 2.37. The zero-order valence-electron chi connectivity index (χ0n) is 9.27. The second-order valence-corrected chi connectivity index (χ2v) is 5.84. The van der Waals surface area contributed by atoms with E-state index in [0.717, 1.165) is 10.9 Å². The van der Waals surface area contributed by atoms with Gasteiger partial charge in [0.2, 0.25) is 5.75 Å². The fourth-order valence-corrected chi connectivity index (χ4v) is 2.77. The van der Waals surface area contributed by atoms with Gasteiger partial charge in [0.05, 0.1) is 3.92 Å². The van der Waals surface area contributed by atoms with E-state index >= 15 is 0 Å². The lowest BCUT2D eigenvalue weighted by Gasteiger charge is -2.27. The van der Waals surface area contributed by atoms with Crippen molar-refractivity contribution in [3.63, 3.8) is 0 Å². The van der Waals surface area contributed by atoms with E-state index in [1.165, 1.54) is 0 Å². The Labute approximate surface area is 112 Å². The minimum atomic E-state index is -0.367. The normalized spacial score (nSPS) is 23.2. The lowest BCUT2D eigenvalue weighted by Crippen LogP contribution is -2.28. The molecule has 2 aromatic rings. The topological polar surface area (TPSA) is 39.4 Å². The molecule has 0 saturated carbocycles. The second-order valence-electron chi connectivity index (χ2n) is 4.24. The van der Waals surface area contributed by atoms with Crippen LogP contribution in [0, 0.1) is 0 Å². The van der Waals surface area contributed by atoms with Crippen molar-refractivity contribution in [3.05, 3.63) is 40.2 Å². The number of fused-ring (bicyclic) bond motifs is 3. The maximum Gasteiger partial charge on any atom is 0.379 e. The third-order valence-corrected chi connectivity index (χ3v) is 4.63. The van der Waals surface area contributed by atoms with E-state index in [9.17, 15) is 4.79 Å². The number of para-hydroxylation sites is 1. The number of halogens is 1. The SMILES string of the molecule is CC1c2c(c(=O)oc3ccccc23)OCC1I. The maximum atomic E-state index is 11.8. The van der Waals surface area contributed by atoms with Gasteiger partial charge in [-0.2, -0.15) is 0 Å². The van der Waals surface area contributed by atoms with Gasteiger partial charge in [0.25, 0.3) is 0 Å². The minimum Gasteiger partial charge on any atom is -0.485 e. The van der Waals surface area contributed by atoms with Gasteiger partial charge in [0, 0.05) is 16.9 Å².